The van der Waals surface area contributed by atoms with Crippen LogP contribution in [0.15, 0.2) is 65.6 Å². The first kappa shape index (κ1) is 23.9. The third kappa shape index (κ3) is 5.95. The summed E-state index contributed by atoms with van der Waals surface area (Å²) in [5.41, 5.74) is 1.44. The zero-order chi connectivity index (χ0) is 23.3. The number of ether oxygens (including phenoxy) is 2. The predicted octanol–water partition coefficient (Wildman–Crippen LogP) is 5.62. The quantitative estimate of drug-likeness (QED) is 0.354. The van der Waals surface area contributed by atoms with Gasteiger partial charge in [-0.2, -0.15) is 0 Å². The molecule has 3 N–H and O–H groups in total. The van der Waals surface area contributed by atoms with Crippen LogP contribution >= 0.6 is 35.4 Å². The van der Waals surface area contributed by atoms with Crippen molar-refractivity contribution in [2.75, 3.05) is 29.6 Å². The minimum atomic E-state index is -3.85. The number of benzene rings is 3. The van der Waals surface area contributed by atoms with E-state index < -0.39 is 10.0 Å². The van der Waals surface area contributed by atoms with Crippen molar-refractivity contribution in [3.05, 3.63) is 70.7 Å². The summed E-state index contributed by atoms with van der Waals surface area (Å²) >= 11 is 17.4. The Morgan fingerprint density at radius 3 is 2.16 bits per heavy atom. The number of sulfonamides is 1. The summed E-state index contributed by atoms with van der Waals surface area (Å²) in [5, 5.41) is 7.06. The van der Waals surface area contributed by atoms with Crippen LogP contribution < -0.4 is 24.8 Å². The Bertz CT molecular complexity index is 1240. The standard InChI is InChI=1S/C21H19Cl2N3O4S2/c1-29-15-6-4-14(5-7-15)26-32(27,28)16-8-10-19(20(12-16)30-2)25-21(31)24-18-9-3-13(22)11-17(18)23/h3-12,26H,1-2H3,(H2,24,25,31). The molecule has 0 spiro atoms. The van der Waals surface area contributed by atoms with Gasteiger partial charge in [0.25, 0.3) is 10.0 Å². The molecule has 0 heterocycles. The van der Waals surface area contributed by atoms with Crippen LogP contribution in [0, 0.1) is 0 Å². The van der Waals surface area contributed by atoms with Crippen LogP contribution in [0.3, 0.4) is 0 Å². The van der Waals surface area contributed by atoms with Crippen molar-refractivity contribution in [3.63, 3.8) is 0 Å². The fraction of sp³-hybridized carbons (Fsp3) is 0.0952. The maximum Gasteiger partial charge on any atom is 0.262 e. The molecule has 0 saturated heterocycles. The van der Waals surface area contributed by atoms with E-state index in [-0.39, 0.29) is 15.8 Å². The van der Waals surface area contributed by atoms with Gasteiger partial charge in [-0.3, -0.25) is 4.72 Å². The highest BCUT2D eigenvalue weighted by Crippen LogP contribution is 2.30. The van der Waals surface area contributed by atoms with Crippen molar-refractivity contribution in [3.8, 4) is 11.5 Å². The Hall–Kier alpha value is -2.72. The molecule has 0 aliphatic carbocycles. The van der Waals surface area contributed by atoms with E-state index in [4.69, 9.17) is 44.9 Å². The van der Waals surface area contributed by atoms with Gasteiger partial charge in [0.2, 0.25) is 0 Å². The van der Waals surface area contributed by atoms with Gasteiger partial charge in [0, 0.05) is 16.8 Å². The number of rotatable bonds is 7. The molecule has 0 saturated carbocycles. The molecular weight excluding hydrogens is 493 g/mol. The summed E-state index contributed by atoms with van der Waals surface area (Å²) in [6, 6.07) is 15.9. The van der Waals surface area contributed by atoms with Crippen molar-refractivity contribution in [1.29, 1.82) is 0 Å². The maximum absolute atomic E-state index is 12.8. The van der Waals surface area contributed by atoms with Crippen molar-refractivity contribution in [2.45, 2.75) is 4.90 Å². The number of methoxy groups -OCH3 is 2. The second-order valence-corrected chi connectivity index (χ2v) is 9.33. The van der Waals surface area contributed by atoms with Gasteiger partial charge in [-0.15, -0.1) is 0 Å². The lowest BCUT2D eigenvalue weighted by molar-refractivity contribution is 0.415. The second-order valence-electron chi connectivity index (χ2n) is 6.40. The van der Waals surface area contributed by atoms with Crippen molar-refractivity contribution in [1.82, 2.24) is 0 Å². The Morgan fingerprint density at radius 1 is 0.875 bits per heavy atom. The third-order valence-electron chi connectivity index (χ3n) is 4.25. The van der Waals surface area contributed by atoms with E-state index in [1.165, 1.54) is 26.4 Å². The van der Waals surface area contributed by atoms with Gasteiger partial charge in [-0.1, -0.05) is 23.2 Å². The Labute approximate surface area is 201 Å². The molecular formula is C21H19Cl2N3O4S2. The van der Waals surface area contributed by atoms with Crippen LogP contribution in [0.4, 0.5) is 17.1 Å². The van der Waals surface area contributed by atoms with E-state index in [2.05, 4.69) is 15.4 Å². The average Bonchev–Trinajstić information content (AvgIpc) is 2.76. The first-order valence-electron chi connectivity index (χ1n) is 9.10. The van der Waals surface area contributed by atoms with E-state index >= 15 is 0 Å². The summed E-state index contributed by atoms with van der Waals surface area (Å²) in [6.45, 7) is 0. The number of nitrogens with one attached hydrogen (secondary N) is 3. The number of hydrogen-bond donors (Lipinski definition) is 3. The van der Waals surface area contributed by atoms with Gasteiger partial charge in [0.1, 0.15) is 11.5 Å². The second kappa shape index (κ2) is 10.3. The number of halogens is 2. The third-order valence-corrected chi connectivity index (χ3v) is 6.38. The van der Waals surface area contributed by atoms with Gasteiger partial charge >= 0.3 is 0 Å². The van der Waals surface area contributed by atoms with Gasteiger partial charge < -0.3 is 20.1 Å². The molecule has 0 radical (unpaired) electrons. The highest BCUT2D eigenvalue weighted by atomic mass is 35.5. The summed E-state index contributed by atoms with van der Waals surface area (Å²) in [6.07, 6.45) is 0. The SMILES string of the molecule is COc1ccc(NS(=O)(=O)c2ccc(NC(=S)Nc3ccc(Cl)cc3Cl)c(OC)c2)cc1. The van der Waals surface area contributed by atoms with Gasteiger partial charge in [-0.25, -0.2) is 8.42 Å². The molecule has 0 aliphatic rings. The van der Waals surface area contributed by atoms with Crippen LogP contribution in [-0.2, 0) is 10.0 Å². The van der Waals surface area contributed by atoms with Gasteiger partial charge in [0.15, 0.2) is 5.11 Å². The highest BCUT2D eigenvalue weighted by molar-refractivity contribution is 7.92. The Kier molecular flexibility index (Phi) is 7.68. The Balaban J connectivity index is 1.76. The first-order valence-corrected chi connectivity index (χ1v) is 11.7. The lowest BCUT2D eigenvalue weighted by atomic mass is 10.3. The van der Waals surface area contributed by atoms with Crippen LogP contribution in [-0.4, -0.2) is 27.7 Å². The molecule has 0 fully saturated rings. The highest BCUT2D eigenvalue weighted by Gasteiger charge is 2.17. The number of hydrogen-bond acceptors (Lipinski definition) is 5. The molecule has 0 amide bonds. The van der Waals surface area contributed by atoms with Crippen LogP contribution in [0.25, 0.3) is 0 Å². The maximum atomic E-state index is 12.8. The molecule has 0 atom stereocenters. The minimum Gasteiger partial charge on any atom is -0.497 e. The van der Waals surface area contributed by atoms with E-state index in [9.17, 15) is 8.42 Å². The van der Waals surface area contributed by atoms with Gasteiger partial charge in [0.05, 0.1) is 35.5 Å². The summed E-state index contributed by atoms with van der Waals surface area (Å²) in [7, 11) is -0.881. The normalized spacial score (nSPS) is 10.9. The summed E-state index contributed by atoms with van der Waals surface area (Å²) in [5.74, 6) is 0.906. The molecule has 3 aromatic rings. The van der Waals surface area contributed by atoms with Crippen molar-refractivity contribution < 1.29 is 17.9 Å². The van der Waals surface area contributed by atoms with E-state index in [1.807, 2.05) is 0 Å². The van der Waals surface area contributed by atoms with E-state index in [1.54, 1.807) is 48.5 Å². The molecule has 0 unspecified atom stereocenters. The fourth-order valence-corrected chi connectivity index (χ4v) is 4.43. The predicted molar refractivity (Wildman–Crippen MR) is 133 cm³/mol. The Morgan fingerprint density at radius 2 is 1.53 bits per heavy atom. The molecule has 11 heteroatoms. The molecule has 3 rings (SSSR count). The van der Waals surface area contributed by atoms with Crippen LogP contribution in [0.2, 0.25) is 10.0 Å². The molecule has 0 aliphatic heterocycles. The first-order chi connectivity index (χ1) is 15.2. The lowest BCUT2D eigenvalue weighted by Crippen LogP contribution is -2.20. The molecule has 168 valence electrons. The number of anilines is 3. The fourth-order valence-electron chi connectivity index (χ4n) is 2.68. The lowest BCUT2D eigenvalue weighted by Gasteiger charge is -2.16. The number of thiocarbonyl (C=S) groups is 1. The zero-order valence-corrected chi connectivity index (χ0v) is 20.1. The topological polar surface area (TPSA) is 88.7 Å². The van der Waals surface area contributed by atoms with E-state index in [0.29, 0.717) is 32.9 Å². The van der Waals surface area contributed by atoms with Gasteiger partial charge in [-0.05, 0) is 66.8 Å². The molecule has 32 heavy (non-hydrogen) atoms. The minimum absolute atomic E-state index is 0.0235. The zero-order valence-electron chi connectivity index (χ0n) is 17.0. The van der Waals surface area contributed by atoms with Crippen LogP contribution in [0.1, 0.15) is 0 Å². The summed E-state index contributed by atoms with van der Waals surface area (Å²) < 4.78 is 38.5. The largest absolute Gasteiger partial charge is 0.497 e. The summed E-state index contributed by atoms with van der Waals surface area (Å²) in [4.78, 5) is 0.0235. The monoisotopic (exact) mass is 511 g/mol. The average molecular weight is 512 g/mol. The van der Waals surface area contributed by atoms with Crippen LogP contribution in [0.5, 0.6) is 11.5 Å². The molecule has 7 nitrogen and oxygen atoms in total. The van der Waals surface area contributed by atoms with Crippen molar-refractivity contribution >= 4 is 67.6 Å². The smallest absolute Gasteiger partial charge is 0.262 e. The molecule has 0 aromatic heterocycles. The van der Waals surface area contributed by atoms with Crippen molar-refractivity contribution in [2.24, 2.45) is 0 Å². The van der Waals surface area contributed by atoms with E-state index in [0.717, 1.165) is 0 Å². The molecule has 0 bridgehead atoms. The molecule has 3 aromatic carbocycles.